The summed E-state index contributed by atoms with van der Waals surface area (Å²) in [5.74, 6) is 0. The van der Waals surface area contributed by atoms with Crippen molar-refractivity contribution in [2.24, 2.45) is 0 Å². The molecule has 2 fully saturated rings. The highest BCUT2D eigenvalue weighted by molar-refractivity contribution is 8.52. The maximum absolute atomic E-state index is 5.62. The number of rotatable bonds is 2. The first-order chi connectivity index (χ1) is 6.45. The third kappa shape index (κ3) is 3.91. The normalized spacial score (nSPS) is 43.4. The van der Waals surface area contributed by atoms with E-state index in [9.17, 15) is 0 Å². The Morgan fingerprint density at radius 2 is 1.46 bits per heavy atom. The summed E-state index contributed by atoms with van der Waals surface area (Å²) in [4.78, 5) is 0. The summed E-state index contributed by atoms with van der Waals surface area (Å²) in [5, 5.41) is 0. The van der Waals surface area contributed by atoms with Crippen molar-refractivity contribution >= 4 is 61.3 Å². The molecule has 0 amide bonds. The van der Waals surface area contributed by atoms with Crippen LogP contribution < -0.4 is 0 Å². The van der Waals surface area contributed by atoms with E-state index in [1.807, 2.05) is 0 Å². The quantitative estimate of drug-likeness (QED) is 0.494. The van der Waals surface area contributed by atoms with Crippen molar-refractivity contribution in [3.05, 3.63) is 0 Å². The van der Waals surface area contributed by atoms with E-state index in [-0.39, 0.29) is 33.5 Å². The van der Waals surface area contributed by atoms with Gasteiger partial charge in [-0.3, -0.25) is 0 Å². The van der Waals surface area contributed by atoms with Crippen LogP contribution in [-0.2, 0) is 8.85 Å². The molecule has 2 rings (SSSR count). The van der Waals surface area contributed by atoms with Crippen molar-refractivity contribution in [1.29, 1.82) is 0 Å². The maximum Gasteiger partial charge on any atom is 0.141 e. The Morgan fingerprint density at radius 3 is 1.85 bits per heavy atom. The summed E-state index contributed by atoms with van der Waals surface area (Å²) in [5.41, 5.74) is 0. The van der Waals surface area contributed by atoms with E-state index >= 15 is 0 Å². The Balaban J connectivity index is 1.69. The van der Waals surface area contributed by atoms with Gasteiger partial charge in [-0.05, 0) is 12.1 Å². The predicted octanol–water partition coefficient (Wildman–Crippen LogP) is -3.44. The molecule has 13 heavy (non-hydrogen) atoms. The van der Waals surface area contributed by atoms with E-state index in [1.54, 1.807) is 12.1 Å². The summed E-state index contributed by atoms with van der Waals surface area (Å²) in [7, 11) is 3.44. The Bertz CT molecular complexity index is 134. The lowest BCUT2D eigenvalue weighted by atomic mass is 10.9. The fourth-order valence-corrected chi connectivity index (χ4v) is 96.4. The number of hydrogen-bond donors (Lipinski definition) is 0. The molecule has 0 aromatic carbocycles. The second-order valence-electron chi connectivity index (χ2n) is 3.76. The van der Waals surface area contributed by atoms with Crippen molar-refractivity contribution in [2.75, 3.05) is 13.2 Å². The molecule has 0 spiro atoms. The van der Waals surface area contributed by atoms with Crippen molar-refractivity contribution in [1.82, 2.24) is 0 Å². The van der Waals surface area contributed by atoms with Crippen molar-refractivity contribution in [2.45, 2.75) is 12.1 Å². The first kappa shape index (κ1) is 11.1. The molecule has 0 bridgehead atoms. The summed E-state index contributed by atoms with van der Waals surface area (Å²) in [6.07, 6.45) is 0. The topological polar surface area (TPSA) is 18.5 Å². The fraction of sp³-hybridized carbons (Fsp3) is 1.00. The Hall–Kier alpha value is 1.57. The molecule has 2 unspecified atom stereocenters. The lowest BCUT2D eigenvalue weighted by Crippen LogP contribution is -2.40. The summed E-state index contributed by atoms with van der Waals surface area (Å²) in [6.45, 7) is 2.36. The highest BCUT2D eigenvalue weighted by Crippen LogP contribution is 2.19. The highest BCUT2D eigenvalue weighted by atomic mass is 32.5. The lowest BCUT2D eigenvalue weighted by molar-refractivity contribution is 0.367. The zero-order valence-corrected chi connectivity index (χ0v) is 16.8. The standard InChI is InChI=1S/C4H18O2SSi6/c1-3-12(10-8-5-1)7-13-4-2-6-9-11-13/h12-13H,1-4,8-11H2. The largest absolute Gasteiger partial charge is 0.428 e. The average Bonchev–Trinajstić information content (AvgIpc) is 2.21. The molecule has 2 aliphatic heterocycles. The van der Waals surface area contributed by atoms with Crippen LogP contribution in [0.5, 0.6) is 0 Å². The molecule has 0 saturated carbocycles. The molecule has 2 atom stereocenters. The summed E-state index contributed by atoms with van der Waals surface area (Å²) >= 11 is 0. The first-order valence-corrected chi connectivity index (χ1v) is 26.4. The zero-order chi connectivity index (χ0) is 8.93. The van der Waals surface area contributed by atoms with Crippen molar-refractivity contribution < 1.29 is 8.85 Å². The molecule has 0 aromatic heterocycles. The van der Waals surface area contributed by atoms with Crippen LogP contribution in [0.25, 0.3) is 0 Å². The third-order valence-corrected chi connectivity index (χ3v) is 67.2. The molecule has 2 aliphatic rings. The van der Waals surface area contributed by atoms with Gasteiger partial charge in [-0.15, -0.1) is 0 Å². The second kappa shape index (κ2) is 6.22. The van der Waals surface area contributed by atoms with Gasteiger partial charge in [-0.2, -0.15) is 0 Å². The summed E-state index contributed by atoms with van der Waals surface area (Å²) < 4.78 is 11.2. The van der Waals surface area contributed by atoms with Crippen LogP contribution in [-0.4, -0.2) is 63.8 Å². The molecule has 0 aliphatic carbocycles. The smallest absolute Gasteiger partial charge is 0.141 e. The van der Waals surface area contributed by atoms with Gasteiger partial charge in [0.2, 0.25) is 0 Å². The van der Waals surface area contributed by atoms with E-state index in [2.05, 4.69) is 10.7 Å². The maximum atomic E-state index is 5.62. The fourth-order valence-electron chi connectivity index (χ4n) is 1.90. The van der Waals surface area contributed by atoms with Gasteiger partial charge in [0.1, 0.15) is 18.6 Å². The van der Waals surface area contributed by atoms with Gasteiger partial charge in [0.25, 0.3) is 0 Å². The van der Waals surface area contributed by atoms with E-state index in [1.165, 1.54) is 13.2 Å². The minimum absolute atomic E-state index is 0.112. The van der Waals surface area contributed by atoms with E-state index in [0.29, 0.717) is 17.1 Å². The van der Waals surface area contributed by atoms with Gasteiger partial charge in [-0.25, -0.2) is 10.7 Å². The van der Waals surface area contributed by atoms with E-state index in [4.69, 9.17) is 8.85 Å². The van der Waals surface area contributed by atoms with Crippen LogP contribution in [0.3, 0.4) is 0 Å². The third-order valence-electron chi connectivity index (χ3n) is 2.72. The van der Waals surface area contributed by atoms with Crippen molar-refractivity contribution in [3.8, 4) is 0 Å². The van der Waals surface area contributed by atoms with Crippen LogP contribution in [0, 0.1) is 0 Å². The predicted molar refractivity (Wildman–Crippen MR) is 77.6 cm³/mol. The molecule has 0 N–H and O–H groups in total. The molecular formula is C4H18O2SSi6. The molecule has 9 heteroatoms. The highest BCUT2D eigenvalue weighted by Gasteiger charge is 2.24. The molecule has 76 valence electrons. The Kier molecular flexibility index (Phi) is 5.29. The average molecular weight is 299 g/mol. The van der Waals surface area contributed by atoms with Gasteiger partial charge in [0.05, 0.1) is 14.9 Å². The molecule has 2 saturated heterocycles. The minimum Gasteiger partial charge on any atom is -0.428 e. The van der Waals surface area contributed by atoms with Gasteiger partial charge < -0.3 is 8.85 Å². The molecule has 0 aromatic rings. The van der Waals surface area contributed by atoms with Crippen molar-refractivity contribution in [3.63, 3.8) is 0 Å². The van der Waals surface area contributed by atoms with Crippen LogP contribution in [0.4, 0.5) is 0 Å². The van der Waals surface area contributed by atoms with Crippen LogP contribution >= 0.6 is 10.7 Å². The van der Waals surface area contributed by atoms with E-state index in [0.717, 1.165) is 0 Å². The van der Waals surface area contributed by atoms with Gasteiger partial charge >= 0.3 is 0 Å². The molecule has 0 radical (unpaired) electrons. The van der Waals surface area contributed by atoms with E-state index < -0.39 is 0 Å². The first-order valence-electron chi connectivity index (χ1n) is 5.26. The SMILES string of the molecule is C1C[SiH](S[SiH]2CCO[SiH2][SiH2]2)[SiH2][SiH2]O1. The van der Waals surface area contributed by atoms with Gasteiger partial charge in [-0.1, -0.05) is 0 Å². The second-order valence-corrected chi connectivity index (χ2v) is 43.5. The van der Waals surface area contributed by atoms with Gasteiger partial charge in [0, 0.05) is 30.3 Å². The molecular weight excluding hydrogens is 281 g/mol. The van der Waals surface area contributed by atoms with Crippen LogP contribution in [0.15, 0.2) is 0 Å². The Morgan fingerprint density at radius 1 is 0.923 bits per heavy atom. The Labute approximate surface area is 95.1 Å². The number of hydrogen-bond acceptors (Lipinski definition) is 3. The summed E-state index contributed by atoms with van der Waals surface area (Å²) in [6, 6.07) is 3.12. The lowest BCUT2D eigenvalue weighted by Gasteiger charge is -2.26. The van der Waals surface area contributed by atoms with Crippen LogP contribution in [0.2, 0.25) is 12.1 Å². The molecule has 2 nitrogen and oxygen atoms in total. The van der Waals surface area contributed by atoms with Gasteiger partial charge in [0.15, 0.2) is 0 Å². The minimum atomic E-state index is -0.144. The van der Waals surface area contributed by atoms with Crippen LogP contribution in [0.1, 0.15) is 0 Å². The zero-order valence-electron chi connectivity index (χ0n) is 8.04. The molecule has 2 heterocycles. The monoisotopic (exact) mass is 298 g/mol.